The highest BCUT2D eigenvalue weighted by Gasteiger charge is 2.22. The molecule has 2 aromatic rings. The van der Waals surface area contributed by atoms with Crippen LogP contribution in [0.2, 0.25) is 0 Å². The summed E-state index contributed by atoms with van der Waals surface area (Å²) < 4.78 is 1.77. The first-order valence-electron chi connectivity index (χ1n) is 5.83. The summed E-state index contributed by atoms with van der Waals surface area (Å²) in [6.45, 7) is 0. The van der Waals surface area contributed by atoms with E-state index in [4.69, 9.17) is 5.11 Å². The maximum absolute atomic E-state index is 11.0. The molecule has 1 aliphatic carbocycles. The van der Waals surface area contributed by atoms with Gasteiger partial charge in [0.1, 0.15) is 0 Å². The molecule has 5 heteroatoms. The summed E-state index contributed by atoms with van der Waals surface area (Å²) in [5, 5.41) is 13.3. The molecule has 2 heterocycles. The molecule has 1 aliphatic rings. The van der Waals surface area contributed by atoms with Crippen molar-refractivity contribution >= 4 is 11.6 Å². The van der Waals surface area contributed by atoms with Gasteiger partial charge in [-0.3, -0.25) is 0 Å². The molecule has 2 aromatic heterocycles. The Morgan fingerprint density at radius 3 is 2.88 bits per heavy atom. The van der Waals surface area contributed by atoms with Gasteiger partial charge in [-0.05, 0) is 18.9 Å². The number of carboxylic acid groups (broad SMARTS) is 1. The fourth-order valence-corrected chi connectivity index (χ4v) is 2.56. The van der Waals surface area contributed by atoms with Crippen molar-refractivity contribution in [1.29, 1.82) is 0 Å². The second kappa shape index (κ2) is 3.84. The van der Waals surface area contributed by atoms with E-state index in [-0.39, 0.29) is 5.69 Å². The molecular weight excluding hydrogens is 218 g/mol. The number of carbonyl (C=O) groups is 1. The fraction of sp³-hybridized carbons (Fsp3) is 0.417. The Kier molecular flexibility index (Phi) is 2.31. The maximum atomic E-state index is 11.0. The Hall–Kier alpha value is -1.91. The number of hydrogen-bond acceptors (Lipinski definition) is 3. The summed E-state index contributed by atoms with van der Waals surface area (Å²) >= 11 is 0. The highest BCUT2D eigenvalue weighted by Crippen LogP contribution is 2.34. The summed E-state index contributed by atoms with van der Waals surface area (Å²) in [6.07, 6.45) is 6.29. The van der Waals surface area contributed by atoms with Gasteiger partial charge in [0.2, 0.25) is 0 Å². The van der Waals surface area contributed by atoms with E-state index < -0.39 is 5.97 Å². The van der Waals surface area contributed by atoms with Crippen LogP contribution in [-0.2, 0) is 0 Å². The van der Waals surface area contributed by atoms with Crippen LogP contribution in [0.25, 0.3) is 5.65 Å². The summed E-state index contributed by atoms with van der Waals surface area (Å²) in [5.74, 6) is -0.563. The smallest absolute Gasteiger partial charge is 0.354 e. The average molecular weight is 231 g/mol. The highest BCUT2D eigenvalue weighted by molar-refractivity contribution is 5.86. The van der Waals surface area contributed by atoms with Crippen molar-refractivity contribution in [3.63, 3.8) is 0 Å². The van der Waals surface area contributed by atoms with Crippen LogP contribution in [0.5, 0.6) is 0 Å². The summed E-state index contributed by atoms with van der Waals surface area (Å²) in [6, 6.07) is 3.41. The predicted octanol–water partition coefficient (Wildman–Crippen LogP) is 2.09. The largest absolute Gasteiger partial charge is 0.477 e. The second-order valence-corrected chi connectivity index (χ2v) is 4.45. The Labute approximate surface area is 98.1 Å². The third kappa shape index (κ3) is 1.67. The molecule has 1 saturated carbocycles. The zero-order chi connectivity index (χ0) is 11.8. The van der Waals surface area contributed by atoms with Crippen LogP contribution in [0.1, 0.15) is 47.8 Å². The molecule has 88 valence electrons. The summed E-state index contributed by atoms with van der Waals surface area (Å²) in [5.41, 5.74) is 1.71. The van der Waals surface area contributed by atoms with Crippen molar-refractivity contribution in [3.05, 3.63) is 29.7 Å². The van der Waals surface area contributed by atoms with Crippen LogP contribution in [0.4, 0.5) is 0 Å². The Balaban J connectivity index is 2.19. The molecular formula is C12H13N3O2. The first-order chi connectivity index (χ1) is 8.25. The minimum Gasteiger partial charge on any atom is -0.477 e. The van der Waals surface area contributed by atoms with Crippen LogP contribution >= 0.6 is 0 Å². The molecule has 3 rings (SSSR count). The average Bonchev–Trinajstić information content (AvgIpc) is 2.98. The van der Waals surface area contributed by atoms with Gasteiger partial charge in [-0.15, -0.1) is 0 Å². The van der Waals surface area contributed by atoms with Crippen LogP contribution in [0.3, 0.4) is 0 Å². The van der Waals surface area contributed by atoms with Crippen molar-refractivity contribution in [1.82, 2.24) is 14.6 Å². The molecule has 0 bridgehead atoms. The molecule has 17 heavy (non-hydrogen) atoms. The van der Waals surface area contributed by atoms with E-state index in [1.807, 2.05) is 0 Å². The van der Waals surface area contributed by atoms with Crippen LogP contribution in [-0.4, -0.2) is 25.7 Å². The van der Waals surface area contributed by atoms with E-state index in [9.17, 15) is 4.79 Å². The van der Waals surface area contributed by atoms with Crippen molar-refractivity contribution in [2.75, 3.05) is 0 Å². The van der Waals surface area contributed by atoms with Crippen molar-refractivity contribution in [3.8, 4) is 0 Å². The van der Waals surface area contributed by atoms with Gasteiger partial charge in [0.25, 0.3) is 0 Å². The molecule has 0 saturated heterocycles. The molecule has 0 aromatic carbocycles. The van der Waals surface area contributed by atoms with Gasteiger partial charge in [-0.2, -0.15) is 5.10 Å². The number of hydrogen-bond donors (Lipinski definition) is 1. The van der Waals surface area contributed by atoms with Crippen LogP contribution in [0, 0.1) is 0 Å². The molecule has 0 amide bonds. The molecule has 1 fully saturated rings. The lowest BCUT2D eigenvalue weighted by Crippen LogP contribution is -2.09. The zero-order valence-corrected chi connectivity index (χ0v) is 9.33. The van der Waals surface area contributed by atoms with E-state index in [1.165, 1.54) is 12.8 Å². The van der Waals surface area contributed by atoms with Gasteiger partial charge in [-0.1, -0.05) is 12.8 Å². The Morgan fingerprint density at radius 2 is 2.18 bits per heavy atom. The lowest BCUT2D eigenvalue weighted by molar-refractivity contribution is 0.0690. The number of carboxylic acids is 1. The Morgan fingerprint density at radius 1 is 1.41 bits per heavy atom. The fourth-order valence-electron chi connectivity index (χ4n) is 2.56. The molecule has 0 radical (unpaired) electrons. The van der Waals surface area contributed by atoms with Gasteiger partial charge >= 0.3 is 5.97 Å². The van der Waals surface area contributed by atoms with E-state index >= 15 is 0 Å². The number of rotatable bonds is 2. The molecule has 1 N–H and O–H groups in total. The Bertz CT molecular complexity index is 570. The van der Waals surface area contributed by atoms with Crippen molar-refractivity contribution in [2.24, 2.45) is 0 Å². The first kappa shape index (κ1) is 10.3. The van der Waals surface area contributed by atoms with Gasteiger partial charge in [0, 0.05) is 17.7 Å². The van der Waals surface area contributed by atoms with Gasteiger partial charge in [-0.25, -0.2) is 14.3 Å². The van der Waals surface area contributed by atoms with E-state index in [0.717, 1.165) is 18.5 Å². The topological polar surface area (TPSA) is 67.5 Å². The van der Waals surface area contributed by atoms with Gasteiger partial charge in [0.05, 0.1) is 6.20 Å². The number of aromatic carboxylic acids is 1. The van der Waals surface area contributed by atoms with Crippen molar-refractivity contribution in [2.45, 2.75) is 31.6 Å². The standard InChI is InChI=1S/C12H13N3O2/c16-12(17)9-7-10(8-3-1-2-4-8)15-11(14-9)5-6-13-15/h5-8H,1-4H2,(H,16,17). The maximum Gasteiger partial charge on any atom is 0.354 e. The summed E-state index contributed by atoms with van der Waals surface area (Å²) in [4.78, 5) is 15.1. The quantitative estimate of drug-likeness (QED) is 0.859. The lowest BCUT2D eigenvalue weighted by Gasteiger charge is -2.12. The monoisotopic (exact) mass is 231 g/mol. The van der Waals surface area contributed by atoms with E-state index in [2.05, 4.69) is 10.1 Å². The van der Waals surface area contributed by atoms with E-state index in [0.29, 0.717) is 11.6 Å². The lowest BCUT2D eigenvalue weighted by atomic mass is 10.0. The highest BCUT2D eigenvalue weighted by atomic mass is 16.4. The van der Waals surface area contributed by atoms with Crippen LogP contribution in [0.15, 0.2) is 18.3 Å². The van der Waals surface area contributed by atoms with Gasteiger partial charge < -0.3 is 5.11 Å². The minimum absolute atomic E-state index is 0.111. The minimum atomic E-state index is -0.979. The molecule has 5 nitrogen and oxygen atoms in total. The van der Waals surface area contributed by atoms with E-state index in [1.54, 1.807) is 22.8 Å². The third-order valence-corrected chi connectivity index (χ3v) is 3.38. The second-order valence-electron chi connectivity index (χ2n) is 4.45. The molecule has 0 aliphatic heterocycles. The first-order valence-corrected chi connectivity index (χ1v) is 5.83. The number of fused-ring (bicyclic) bond motifs is 1. The SMILES string of the molecule is O=C(O)c1cc(C2CCCC2)n2nccc2n1. The number of nitrogens with zero attached hydrogens (tertiary/aromatic N) is 3. The molecule has 0 spiro atoms. The zero-order valence-electron chi connectivity index (χ0n) is 9.33. The van der Waals surface area contributed by atoms with Crippen LogP contribution < -0.4 is 0 Å². The normalized spacial score (nSPS) is 16.7. The predicted molar refractivity (Wildman–Crippen MR) is 61.2 cm³/mol. The summed E-state index contributed by atoms with van der Waals surface area (Å²) in [7, 11) is 0. The molecule has 0 atom stereocenters. The molecule has 0 unspecified atom stereocenters. The third-order valence-electron chi connectivity index (χ3n) is 3.38. The number of aromatic nitrogens is 3. The van der Waals surface area contributed by atoms with Crippen molar-refractivity contribution < 1.29 is 9.90 Å². The van der Waals surface area contributed by atoms with Gasteiger partial charge in [0.15, 0.2) is 11.3 Å².